The molecule has 0 bridgehead atoms. The van der Waals surface area contributed by atoms with Crippen LogP contribution in [0.1, 0.15) is 400 Å². The highest BCUT2D eigenvalue weighted by molar-refractivity contribution is 7.45. The average molecular weight is 1290 g/mol. The van der Waals surface area contributed by atoms with Gasteiger partial charge in [0.05, 0.1) is 33.8 Å². The summed E-state index contributed by atoms with van der Waals surface area (Å²) in [6.07, 6.45) is 89.7. The van der Waals surface area contributed by atoms with Crippen molar-refractivity contribution >= 4 is 19.7 Å². The molecule has 530 valence electrons. The number of carbonyl (C=O) groups is 2. The summed E-state index contributed by atoms with van der Waals surface area (Å²) in [5, 5.41) is 3.06. The summed E-state index contributed by atoms with van der Waals surface area (Å²) in [6, 6.07) is -0.887. The molecule has 3 atom stereocenters. The first-order valence-corrected chi connectivity index (χ1v) is 40.9. The van der Waals surface area contributed by atoms with Crippen LogP contribution in [0.3, 0.4) is 0 Å². The van der Waals surface area contributed by atoms with Crippen LogP contribution in [-0.2, 0) is 27.9 Å². The molecule has 90 heavy (non-hydrogen) atoms. The SMILES string of the molecule is CCCCC/C=C\C/C=C\CCCCCCCCCCCCCCCCCCCC(=O)NC(COP(=O)([O-])OCC[N+](C)(C)C)C(/C=C/CCCCCCCCCCCC)OC(=O)CCCCCCCCCCCCCCCCC/C=C/CCCCCCCC. The van der Waals surface area contributed by atoms with E-state index in [0.717, 1.165) is 64.2 Å². The Balaban J connectivity index is 4.90. The molecule has 1 amide bonds. The van der Waals surface area contributed by atoms with Gasteiger partial charge in [-0.2, -0.15) is 0 Å². The number of quaternary nitrogens is 1. The van der Waals surface area contributed by atoms with E-state index in [1.165, 1.54) is 302 Å². The van der Waals surface area contributed by atoms with Crippen molar-refractivity contribution in [2.75, 3.05) is 40.9 Å². The normalized spacial score (nSPS) is 13.6. The van der Waals surface area contributed by atoms with Crippen molar-refractivity contribution < 1.29 is 37.3 Å². The number of ether oxygens (including phenoxy) is 1. The molecule has 0 fully saturated rings. The summed E-state index contributed by atoms with van der Waals surface area (Å²) in [6.45, 7) is 6.88. The molecule has 0 spiro atoms. The van der Waals surface area contributed by atoms with Gasteiger partial charge in [0.1, 0.15) is 19.3 Å². The Kier molecular flexibility index (Phi) is 68.2. The van der Waals surface area contributed by atoms with E-state index in [1.807, 2.05) is 33.3 Å². The third kappa shape index (κ3) is 70.3. The highest BCUT2D eigenvalue weighted by atomic mass is 31.2. The van der Waals surface area contributed by atoms with Crippen molar-refractivity contribution in [3.05, 3.63) is 48.6 Å². The highest BCUT2D eigenvalue weighted by Crippen LogP contribution is 2.38. The van der Waals surface area contributed by atoms with Gasteiger partial charge in [-0.25, -0.2) is 0 Å². The number of carbonyl (C=O) groups excluding carboxylic acids is 2. The minimum absolute atomic E-state index is 0.0197. The Morgan fingerprint density at radius 3 is 1.03 bits per heavy atom. The number of unbranched alkanes of at least 4 members (excludes halogenated alkanes) is 51. The monoisotopic (exact) mass is 1290 g/mol. The predicted molar refractivity (Wildman–Crippen MR) is 390 cm³/mol. The molecular weight excluding hydrogens is 1130 g/mol. The second kappa shape index (κ2) is 69.8. The Hall–Kier alpha value is -2.03. The molecule has 0 heterocycles. The first-order chi connectivity index (χ1) is 43.9. The molecule has 0 aliphatic carbocycles. The Morgan fingerprint density at radius 2 is 0.678 bits per heavy atom. The Bertz CT molecular complexity index is 1680. The summed E-state index contributed by atoms with van der Waals surface area (Å²) in [7, 11) is 1.20. The third-order valence-corrected chi connectivity index (χ3v) is 18.9. The molecule has 3 unspecified atom stereocenters. The van der Waals surface area contributed by atoms with Crippen molar-refractivity contribution in [3.63, 3.8) is 0 Å². The third-order valence-electron chi connectivity index (χ3n) is 18.0. The number of likely N-dealkylation sites (N-methyl/N-ethyl adjacent to an activating group) is 1. The van der Waals surface area contributed by atoms with Gasteiger partial charge in [0.25, 0.3) is 7.82 Å². The summed E-state index contributed by atoms with van der Waals surface area (Å²) < 4.78 is 30.5. The molecule has 10 heteroatoms. The van der Waals surface area contributed by atoms with Crippen LogP contribution in [0.5, 0.6) is 0 Å². The fourth-order valence-corrected chi connectivity index (χ4v) is 12.6. The molecule has 1 N–H and O–H groups in total. The number of hydrogen-bond acceptors (Lipinski definition) is 7. The van der Waals surface area contributed by atoms with E-state index >= 15 is 0 Å². The number of amides is 1. The summed E-state index contributed by atoms with van der Waals surface area (Å²) in [5.74, 6) is -0.519. The summed E-state index contributed by atoms with van der Waals surface area (Å²) in [5.41, 5.74) is 0. The van der Waals surface area contributed by atoms with E-state index in [9.17, 15) is 19.0 Å². The summed E-state index contributed by atoms with van der Waals surface area (Å²) in [4.78, 5) is 40.3. The van der Waals surface area contributed by atoms with Crippen molar-refractivity contribution in [3.8, 4) is 0 Å². The molecule has 0 radical (unpaired) electrons. The van der Waals surface area contributed by atoms with Crippen LogP contribution in [0.4, 0.5) is 0 Å². The number of esters is 1. The fourth-order valence-electron chi connectivity index (χ4n) is 11.9. The largest absolute Gasteiger partial charge is 0.756 e. The first-order valence-electron chi connectivity index (χ1n) is 39.4. The van der Waals surface area contributed by atoms with Crippen molar-refractivity contribution in [2.45, 2.75) is 412 Å². The lowest BCUT2D eigenvalue weighted by Crippen LogP contribution is -2.47. The zero-order valence-electron chi connectivity index (χ0n) is 60.9. The number of rotatable bonds is 73. The van der Waals surface area contributed by atoms with Crippen LogP contribution in [-0.4, -0.2) is 69.4 Å². The molecule has 0 saturated carbocycles. The van der Waals surface area contributed by atoms with E-state index in [1.54, 1.807) is 0 Å². The standard InChI is InChI=1S/C80H153N2O7P/c1-7-10-13-16-19-22-25-28-30-32-34-36-38-40-41-43-44-46-48-50-52-54-57-60-63-66-69-72-79(83)81-77(76-88-90(85,86)87-75-74-82(4,5)6)78(71-68-65-62-59-56-27-24-21-18-15-12-9-3)89-80(84)73-70-67-64-61-58-55-53-51-49-47-45-42-39-37-35-33-31-29-26-23-20-17-14-11-8-2/h19,22,28-31,68,71,77-78H,7-18,20-21,23-27,32-67,69-70,72-76H2,1-6H3,(H-,81,83,85,86)/b22-19-,30-28-,31-29+,71-68+. The highest BCUT2D eigenvalue weighted by Gasteiger charge is 2.27. The number of nitrogens with one attached hydrogen (secondary N) is 1. The van der Waals surface area contributed by atoms with Gasteiger partial charge in [-0.15, -0.1) is 0 Å². The maximum Gasteiger partial charge on any atom is 0.306 e. The van der Waals surface area contributed by atoms with E-state index in [2.05, 4.69) is 62.5 Å². The van der Waals surface area contributed by atoms with Gasteiger partial charge in [0.15, 0.2) is 0 Å². The molecule has 0 aliphatic heterocycles. The first kappa shape index (κ1) is 88.0. The van der Waals surface area contributed by atoms with Crippen LogP contribution in [0.25, 0.3) is 0 Å². The zero-order chi connectivity index (χ0) is 65.6. The predicted octanol–water partition coefficient (Wildman–Crippen LogP) is 24.9. The van der Waals surface area contributed by atoms with Crippen molar-refractivity contribution in [1.82, 2.24) is 5.32 Å². The molecule has 0 aliphatic rings. The number of nitrogens with zero attached hydrogens (tertiary/aromatic N) is 1. The van der Waals surface area contributed by atoms with Crippen molar-refractivity contribution in [1.29, 1.82) is 0 Å². The van der Waals surface area contributed by atoms with Crippen LogP contribution >= 0.6 is 7.82 Å². The van der Waals surface area contributed by atoms with Gasteiger partial charge in [-0.05, 0) is 89.5 Å². The van der Waals surface area contributed by atoms with Gasteiger partial charge in [0.2, 0.25) is 5.91 Å². The second-order valence-corrected chi connectivity index (χ2v) is 29.6. The molecular formula is C80H153N2O7P. The molecule has 0 rings (SSSR count). The van der Waals surface area contributed by atoms with Gasteiger partial charge in [-0.1, -0.05) is 346 Å². The molecule has 0 aromatic rings. The second-order valence-electron chi connectivity index (χ2n) is 28.2. The Labute approximate surface area is 560 Å². The molecule has 0 aromatic heterocycles. The maximum atomic E-state index is 13.6. The lowest BCUT2D eigenvalue weighted by Gasteiger charge is -2.30. The van der Waals surface area contributed by atoms with E-state index in [0.29, 0.717) is 17.4 Å². The van der Waals surface area contributed by atoms with E-state index in [4.69, 9.17) is 13.8 Å². The van der Waals surface area contributed by atoms with Crippen LogP contribution < -0.4 is 10.2 Å². The molecule has 0 aromatic carbocycles. The number of hydrogen-bond donors (Lipinski definition) is 1. The lowest BCUT2D eigenvalue weighted by atomic mass is 10.0. The quantitative estimate of drug-likeness (QED) is 0.0212. The number of allylic oxidation sites excluding steroid dienone is 7. The fraction of sp³-hybridized carbons (Fsp3) is 0.875. The zero-order valence-corrected chi connectivity index (χ0v) is 61.8. The van der Waals surface area contributed by atoms with Crippen LogP contribution in [0, 0.1) is 0 Å². The van der Waals surface area contributed by atoms with Gasteiger partial charge in [-0.3, -0.25) is 14.2 Å². The number of phosphoric ester groups is 1. The Morgan fingerprint density at radius 1 is 0.389 bits per heavy atom. The van der Waals surface area contributed by atoms with E-state index < -0.39 is 20.0 Å². The molecule has 9 nitrogen and oxygen atoms in total. The minimum atomic E-state index is -4.71. The van der Waals surface area contributed by atoms with Crippen LogP contribution in [0.2, 0.25) is 0 Å². The van der Waals surface area contributed by atoms with Gasteiger partial charge in [0, 0.05) is 12.8 Å². The maximum absolute atomic E-state index is 13.6. The summed E-state index contributed by atoms with van der Waals surface area (Å²) >= 11 is 0. The minimum Gasteiger partial charge on any atom is -0.756 e. The van der Waals surface area contributed by atoms with Gasteiger partial charge < -0.3 is 28.5 Å². The molecule has 0 saturated heterocycles. The van der Waals surface area contributed by atoms with Crippen molar-refractivity contribution in [2.24, 2.45) is 0 Å². The number of phosphoric acid groups is 1. The average Bonchev–Trinajstić information content (AvgIpc) is 3.04. The topological polar surface area (TPSA) is 114 Å². The smallest absolute Gasteiger partial charge is 0.306 e. The lowest BCUT2D eigenvalue weighted by molar-refractivity contribution is -0.870. The van der Waals surface area contributed by atoms with Gasteiger partial charge >= 0.3 is 5.97 Å². The van der Waals surface area contributed by atoms with Crippen LogP contribution in [0.15, 0.2) is 48.6 Å². The van der Waals surface area contributed by atoms with E-state index in [-0.39, 0.29) is 31.5 Å².